The minimum absolute atomic E-state index is 1.05. The van der Waals surface area contributed by atoms with Crippen molar-refractivity contribution in [3.8, 4) is 10.6 Å². The maximum atomic E-state index is 4.76. The third-order valence-electron chi connectivity index (χ3n) is 3.39. The highest BCUT2D eigenvalue weighted by Crippen LogP contribution is 2.34. The van der Waals surface area contributed by atoms with Crippen molar-refractivity contribution in [1.29, 1.82) is 0 Å². The Kier molecular flexibility index (Phi) is 2.94. The first kappa shape index (κ1) is 12.6. The molecular formula is C15H11BrN2S2. The van der Waals surface area contributed by atoms with Crippen molar-refractivity contribution in [2.45, 2.75) is 13.3 Å². The van der Waals surface area contributed by atoms with Crippen LogP contribution < -0.4 is 0 Å². The third kappa shape index (κ3) is 1.92. The van der Waals surface area contributed by atoms with Gasteiger partial charge in [-0.1, -0.05) is 24.3 Å². The fraction of sp³-hybridized carbons (Fsp3) is 0.133. The molecule has 2 nitrogen and oxygen atoms in total. The van der Waals surface area contributed by atoms with Gasteiger partial charge in [0.1, 0.15) is 5.69 Å². The lowest BCUT2D eigenvalue weighted by atomic mass is 10.2. The van der Waals surface area contributed by atoms with Gasteiger partial charge in [0.25, 0.3) is 0 Å². The number of benzene rings is 1. The summed E-state index contributed by atoms with van der Waals surface area (Å²) in [5, 5.41) is 0. The fourth-order valence-electron chi connectivity index (χ4n) is 2.34. The fourth-order valence-corrected chi connectivity index (χ4v) is 4.75. The topological polar surface area (TPSA) is 17.3 Å². The maximum absolute atomic E-state index is 4.76. The average Bonchev–Trinajstić information content (AvgIpc) is 3.11. The van der Waals surface area contributed by atoms with Crippen LogP contribution in [0.2, 0.25) is 0 Å². The monoisotopic (exact) mass is 362 g/mol. The molecule has 0 bridgehead atoms. The van der Waals surface area contributed by atoms with Crippen molar-refractivity contribution in [2.75, 3.05) is 0 Å². The molecule has 100 valence electrons. The lowest BCUT2D eigenvalue weighted by Gasteiger charge is -1.96. The first-order chi connectivity index (χ1) is 9.74. The van der Waals surface area contributed by atoms with E-state index in [0.29, 0.717) is 0 Å². The van der Waals surface area contributed by atoms with Crippen LogP contribution in [0, 0.1) is 0 Å². The van der Waals surface area contributed by atoms with Crippen LogP contribution >= 0.6 is 38.6 Å². The molecule has 0 saturated heterocycles. The number of hydrogen-bond donors (Lipinski definition) is 0. The van der Waals surface area contributed by atoms with Gasteiger partial charge in [0.05, 0.1) is 18.9 Å². The van der Waals surface area contributed by atoms with E-state index in [-0.39, 0.29) is 0 Å². The Morgan fingerprint density at radius 3 is 2.85 bits per heavy atom. The zero-order valence-corrected chi connectivity index (χ0v) is 14.0. The molecule has 5 heteroatoms. The van der Waals surface area contributed by atoms with Gasteiger partial charge in [0.2, 0.25) is 0 Å². The Hall–Kier alpha value is -1.17. The summed E-state index contributed by atoms with van der Waals surface area (Å²) in [6.07, 6.45) is 3.21. The van der Waals surface area contributed by atoms with Gasteiger partial charge in [-0.15, -0.1) is 11.3 Å². The van der Waals surface area contributed by atoms with E-state index in [9.17, 15) is 0 Å². The molecule has 0 unspecified atom stereocenters. The van der Waals surface area contributed by atoms with Gasteiger partial charge in [0, 0.05) is 6.20 Å². The normalized spacial score (nSPS) is 11.7. The summed E-state index contributed by atoms with van der Waals surface area (Å²) < 4.78 is 4.65. The van der Waals surface area contributed by atoms with Crippen LogP contribution in [-0.4, -0.2) is 9.38 Å². The number of hydrogen-bond acceptors (Lipinski definition) is 3. The van der Waals surface area contributed by atoms with E-state index in [1.165, 1.54) is 20.7 Å². The number of nitrogens with zero attached hydrogens (tertiary/aromatic N) is 2. The predicted molar refractivity (Wildman–Crippen MR) is 91.0 cm³/mol. The summed E-state index contributed by atoms with van der Waals surface area (Å²) in [7, 11) is 0. The number of thiophene rings is 1. The highest BCUT2D eigenvalue weighted by Gasteiger charge is 2.11. The molecule has 0 saturated carbocycles. The lowest BCUT2D eigenvalue weighted by Crippen LogP contribution is -1.80. The molecule has 0 aliphatic rings. The summed E-state index contributed by atoms with van der Waals surface area (Å²) in [6, 6.07) is 10.9. The van der Waals surface area contributed by atoms with E-state index in [4.69, 9.17) is 4.98 Å². The number of halogens is 1. The first-order valence-electron chi connectivity index (χ1n) is 6.41. The molecule has 4 rings (SSSR count). The summed E-state index contributed by atoms with van der Waals surface area (Å²) >= 11 is 6.98. The summed E-state index contributed by atoms with van der Waals surface area (Å²) in [4.78, 5) is 7.02. The lowest BCUT2D eigenvalue weighted by molar-refractivity contribution is 1.14. The van der Waals surface area contributed by atoms with Crippen molar-refractivity contribution in [1.82, 2.24) is 9.38 Å². The van der Waals surface area contributed by atoms with Crippen LogP contribution in [0.15, 0.2) is 40.3 Å². The largest absolute Gasteiger partial charge is 0.290 e. The quantitative estimate of drug-likeness (QED) is 0.453. The molecule has 1 aromatic carbocycles. The zero-order valence-electron chi connectivity index (χ0n) is 10.8. The SMILES string of the molecule is CCc1ccc2c(c1)sc1nc(-c3ccc(Br)s3)cn12. The van der Waals surface area contributed by atoms with Gasteiger partial charge in [-0.05, 0) is 52.2 Å². The van der Waals surface area contributed by atoms with Gasteiger partial charge < -0.3 is 0 Å². The van der Waals surface area contributed by atoms with E-state index in [1.807, 2.05) is 0 Å². The molecule has 0 spiro atoms. The van der Waals surface area contributed by atoms with Gasteiger partial charge in [-0.2, -0.15) is 0 Å². The van der Waals surface area contributed by atoms with Crippen LogP contribution in [0.25, 0.3) is 25.7 Å². The van der Waals surface area contributed by atoms with Gasteiger partial charge in [0.15, 0.2) is 4.96 Å². The van der Waals surface area contributed by atoms with E-state index in [2.05, 4.69) is 63.8 Å². The van der Waals surface area contributed by atoms with Crippen molar-refractivity contribution < 1.29 is 0 Å². The molecule has 0 fully saturated rings. The number of aryl methyl sites for hydroxylation is 1. The minimum atomic E-state index is 1.05. The van der Waals surface area contributed by atoms with Crippen LogP contribution in [-0.2, 0) is 6.42 Å². The Morgan fingerprint density at radius 1 is 1.20 bits per heavy atom. The van der Waals surface area contributed by atoms with Crippen LogP contribution in [0.4, 0.5) is 0 Å². The maximum Gasteiger partial charge on any atom is 0.195 e. The summed E-state index contributed by atoms with van der Waals surface area (Å²) in [6.45, 7) is 2.19. The van der Waals surface area contributed by atoms with Crippen molar-refractivity contribution in [3.63, 3.8) is 0 Å². The molecule has 3 heterocycles. The molecule has 0 radical (unpaired) electrons. The molecule has 20 heavy (non-hydrogen) atoms. The van der Waals surface area contributed by atoms with E-state index < -0.39 is 0 Å². The van der Waals surface area contributed by atoms with Crippen LogP contribution in [0.5, 0.6) is 0 Å². The van der Waals surface area contributed by atoms with Crippen LogP contribution in [0.3, 0.4) is 0 Å². The number of thiazole rings is 1. The smallest absolute Gasteiger partial charge is 0.195 e. The summed E-state index contributed by atoms with van der Waals surface area (Å²) in [5.74, 6) is 0. The number of rotatable bonds is 2. The molecule has 0 atom stereocenters. The summed E-state index contributed by atoms with van der Waals surface area (Å²) in [5.41, 5.74) is 3.68. The first-order valence-corrected chi connectivity index (χ1v) is 8.83. The van der Waals surface area contributed by atoms with E-state index in [1.54, 1.807) is 22.7 Å². The van der Waals surface area contributed by atoms with E-state index in [0.717, 1.165) is 20.9 Å². The molecular weight excluding hydrogens is 352 g/mol. The Bertz CT molecular complexity index is 917. The number of aromatic nitrogens is 2. The van der Waals surface area contributed by atoms with E-state index >= 15 is 0 Å². The second-order valence-electron chi connectivity index (χ2n) is 4.64. The Labute approximate surface area is 132 Å². The average molecular weight is 363 g/mol. The second-order valence-corrected chi connectivity index (χ2v) is 8.11. The second kappa shape index (κ2) is 4.69. The van der Waals surface area contributed by atoms with Gasteiger partial charge in [-0.3, -0.25) is 4.40 Å². The molecule has 0 aliphatic heterocycles. The molecule has 4 aromatic rings. The Morgan fingerprint density at radius 2 is 2.10 bits per heavy atom. The van der Waals surface area contributed by atoms with Crippen LogP contribution in [0.1, 0.15) is 12.5 Å². The van der Waals surface area contributed by atoms with Gasteiger partial charge >= 0.3 is 0 Å². The highest BCUT2D eigenvalue weighted by molar-refractivity contribution is 9.11. The Balaban J connectivity index is 1.92. The van der Waals surface area contributed by atoms with Crippen molar-refractivity contribution in [3.05, 3.63) is 45.9 Å². The molecule has 0 amide bonds. The minimum Gasteiger partial charge on any atom is -0.290 e. The molecule has 3 aromatic heterocycles. The van der Waals surface area contributed by atoms with Crippen molar-refractivity contribution >= 4 is 53.8 Å². The van der Waals surface area contributed by atoms with Gasteiger partial charge in [-0.25, -0.2) is 4.98 Å². The van der Waals surface area contributed by atoms with Crippen molar-refractivity contribution in [2.24, 2.45) is 0 Å². The zero-order chi connectivity index (χ0) is 13.7. The highest BCUT2D eigenvalue weighted by atomic mass is 79.9. The molecule has 0 aliphatic carbocycles. The molecule has 0 N–H and O–H groups in total. The predicted octanol–water partition coefficient (Wildman–Crippen LogP) is 5.60. The standard InChI is InChI=1S/C15H11BrN2S2/c1-2-9-3-4-11-13(7-9)20-15-17-10(8-18(11)15)12-5-6-14(16)19-12/h3-8H,2H2,1H3. The third-order valence-corrected chi connectivity index (χ3v) is 6.06. The number of fused-ring (bicyclic) bond motifs is 3. The number of imidazole rings is 1.